The smallest absolute Gasteiger partial charge is 0.279 e. The molecule has 1 aromatic heterocycles. The number of rotatable bonds is 3. The molecule has 4 heteroatoms. The van der Waals surface area contributed by atoms with Gasteiger partial charge in [0.05, 0.1) is 11.6 Å². The molecule has 0 N–H and O–H groups in total. The number of benzene rings is 2. The maximum absolute atomic E-state index is 6.13. The summed E-state index contributed by atoms with van der Waals surface area (Å²) in [5.74, 6) is 1.74. The van der Waals surface area contributed by atoms with E-state index in [1.54, 1.807) is 6.20 Å². The molecule has 2 aromatic carbocycles. The van der Waals surface area contributed by atoms with Crippen LogP contribution in [-0.4, -0.2) is 4.98 Å². The van der Waals surface area contributed by atoms with Crippen LogP contribution >= 0.6 is 11.3 Å². The highest BCUT2D eigenvalue weighted by molar-refractivity contribution is 7.10. The number of hydrogen-bond acceptors (Lipinski definition) is 4. The van der Waals surface area contributed by atoms with Gasteiger partial charge in [0.25, 0.3) is 5.19 Å². The Morgan fingerprint density at radius 2 is 2.09 bits per heavy atom. The fourth-order valence-electron chi connectivity index (χ4n) is 2.66. The van der Waals surface area contributed by atoms with Crippen molar-refractivity contribution in [2.75, 3.05) is 0 Å². The van der Waals surface area contributed by atoms with E-state index in [1.165, 1.54) is 22.5 Å². The summed E-state index contributed by atoms with van der Waals surface area (Å²) in [7, 11) is 0. The van der Waals surface area contributed by atoms with E-state index in [9.17, 15) is 0 Å². The Bertz CT molecular complexity index is 756. The fourth-order valence-corrected chi connectivity index (χ4v) is 3.11. The van der Waals surface area contributed by atoms with Gasteiger partial charge >= 0.3 is 0 Å². The number of nitrogens with zero attached hydrogens (tertiary/aromatic N) is 1. The van der Waals surface area contributed by atoms with Crippen LogP contribution < -0.4 is 9.47 Å². The summed E-state index contributed by atoms with van der Waals surface area (Å²) >= 11 is 1.36. The summed E-state index contributed by atoms with van der Waals surface area (Å²) in [5.41, 5.74) is 2.41. The molecule has 3 nitrogen and oxygen atoms in total. The van der Waals surface area contributed by atoms with Gasteiger partial charge in [0.1, 0.15) is 17.6 Å². The largest absolute Gasteiger partial charge is 0.485 e. The fraction of sp³-hybridized carbons (Fsp3) is 0.167. The van der Waals surface area contributed by atoms with Gasteiger partial charge in [0.2, 0.25) is 0 Å². The SMILES string of the molecule is [c]1cnc(Oc2ccc3c(c2)CC[C@@H](c2ccccc2)O3)s1. The van der Waals surface area contributed by atoms with E-state index >= 15 is 0 Å². The molecule has 4 rings (SSSR count). The zero-order chi connectivity index (χ0) is 14.8. The normalized spacial score (nSPS) is 16.6. The first-order valence-corrected chi connectivity index (χ1v) is 8.04. The summed E-state index contributed by atoms with van der Waals surface area (Å²) in [6.07, 6.45) is 3.71. The predicted octanol–water partition coefficient (Wildman–Crippen LogP) is 4.80. The summed E-state index contributed by atoms with van der Waals surface area (Å²) in [4.78, 5) is 4.08. The minimum absolute atomic E-state index is 0.133. The van der Waals surface area contributed by atoms with Crippen molar-refractivity contribution in [3.63, 3.8) is 0 Å². The molecule has 0 unspecified atom stereocenters. The Kier molecular flexibility index (Phi) is 3.52. The Morgan fingerprint density at radius 3 is 2.91 bits per heavy atom. The molecule has 0 spiro atoms. The molecule has 0 fully saturated rings. The number of ether oxygens (including phenoxy) is 2. The quantitative estimate of drug-likeness (QED) is 0.696. The monoisotopic (exact) mass is 308 g/mol. The van der Waals surface area contributed by atoms with E-state index in [4.69, 9.17) is 9.47 Å². The Hall–Kier alpha value is -2.33. The molecular formula is C18H14NO2S. The van der Waals surface area contributed by atoms with Crippen LogP contribution in [0.5, 0.6) is 16.7 Å². The maximum Gasteiger partial charge on any atom is 0.279 e. The molecule has 0 aliphatic carbocycles. The molecule has 0 bridgehead atoms. The third-order valence-corrected chi connectivity index (χ3v) is 4.31. The number of thiazole rings is 1. The lowest BCUT2D eigenvalue weighted by Gasteiger charge is -2.26. The van der Waals surface area contributed by atoms with Gasteiger partial charge in [-0.25, -0.2) is 4.98 Å². The van der Waals surface area contributed by atoms with Crippen molar-refractivity contribution in [3.05, 3.63) is 71.2 Å². The molecule has 1 aliphatic heterocycles. The average molecular weight is 308 g/mol. The number of fused-ring (bicyclic) bond motifs is 1. The van der Waals surface area contributed by atoms with Crippen molar-refractivity contribution in [2.45, 2.75) is 18.9 Å². The van der Waals surface area contributed by atoms with E-state index < -0.39 is 0 Å². The molecule has 0 saturated heterocycles. The topological polar surface area (TPSA) is 31.4 Å². The van der Waals surface area contributed by atoms with Crippen molar-refractivity contribution < 1.29 is 9.47 Å². The van der Waals surface area contributed by atoms with E-state index in [0.29, 0.717) is 5.19 Å². The highest BCUT2D eigenvalue weighted by atomic mass is 32.1. The molecule has 2 heterocycles. The van der Waals surface area contributed by atoms with Crippen molar-refractivity contribution in [1.29, 1.82) is 0 Å². The van der Waals surface area contributed by atoms with Crippen molar-refractivity contribution in [2.24, 2.45) is 0 Å². The van der Waals surface area contributed by atoms with Crippen LogP contribution in [0.1, 0.15) is 23.7 Å². The van der Waals surface area contributed by atoms with Gasteiger partial charge in [-0.1, -0.05) is 41.7 Å². The van der Waals surface area contributed by atoms with Gasteiger partial charge in [-0.15, -0.1) is 0 Å². The summed E-state index contributed by atoms with van der Waals surface area (Å²) in [5, 5.41) is 3.53. The Morgan fingerprint density at radius 1 is 1.18 bits per heavy atom. The standard InChI is InChI=1S/C18H14NO2S/c1-2-4-13(5-3-1)16-8-6-14-12-15(7-9-17(14)21-16)20-18-19-10-11-22-18/h1-5,7,9-10,12,16H,6,8H2/t16-/m0/s1. The third kappa shape index (κ3) is 2.70. The van der Waals surface area contributed by atoms with Gasteiger partial charge in [-0.2, -0.15) is 0 Å². The third-order valence-electron chi connectivity index (χ3n) is 3.72. The minimum atomic E-state index is 0.133. The second-order valence-electron chi connectivity index (χ2n) is 5.17. The molecule has 3 aromatic rings. The van der Waals surface area contributed by atoms with E-state index in [-0.39, 0.29) is 6.10 Å². The highest BCUT2D eigenvalue weighted by Crippen LogP contribution is 2.37. The first kappa shape index (κ1) is 13.3. The van der Waals surface area contributed by atoms with Crippen molar-refractivity contribution in [3.8, 4) is 16.7 Å². The summed E-state index contributed by atoms with van der Waals surface area (Å²) in [6.45, 7) is 0. The molecule has 1 atom stereocenters. The van der Waals surface area contributed by atoms with Crippen LogP contribution in [0.15, 0.2) is 54.7 Å². The first-order chi connectivity index (χ1) is 10.9. The zero-order valence-electron chi connectivity index (χ0n) is 11.9. The molecule has 22 heavy (non-hydrogen) atoms. The van der Waals surface area contributed by atoms with Crippen LogP contribution in [0.3, 0.4) is 0 Å². The lowest BCUT2D eigenvalue weighted by molar-refractivity contribution is 0.176. The van der Waals surface area contributed by atoms with Gasteiger partial charge < -0.3 is 9.47 Å². The second-order valence-corrected chi connectivity index (χ2v) is 5.96. The first-order valence-electron chi connectivity index (χ1n) is 7.23. The van der Waals surface area contributed by atoms with Crippen LogP contribution in [0.25, 0.3) is 0 Å². The zero-order valence-corrected chi connectivity index (χ0v) is 12.7. The minimum Gasteiger partial charge on any atom is -0.485 e. The lowest BCUT2D eigenvalue weighted by Crippen LogP contribution is -2.15. The summed E-state index contributed by atoms with van der Waals surface area (Å²) in [6, 6.07) is 16.3. The predicted molar refractivity (Wildman–Crippen MR) is 85.6 cm³/mol. The van der Waals surface area contributed by atoms with Crippen LogP contribution in [0.4, 0.5) is 0 Å². The molecule has 0 amide bonds. The van der Waals surface area contributed by atoms with E-state index in [2.05, 4.69) is 34.6 Å². The maximum atomic E-state index is 6.13. The van der Waals surface area contributed by atoms with E-state index in [0.717, 1.165) is 24.3 Å². The van der Waals surface area contributed by atoms with Crippen molar-refractivity contribution >= 4 is 11.3 Å². The van der Waals surface area contributed by atoms with Gasteiger partial charge in [-0.3, -0.25) is 0 Å². The van der Waals surface area contributed by atoms with Crippen LogP contribution in [0.2, 0.25) is 0 Å². The van der Waals surface area contributed by atoms with Gasteiger partial charge in [-0.05, 0) is 42.2 Å². The second kappa shape index (κ2) is 5.81. The molecular weight excluding hydrogens is 294 g/mol. The van der Waals surface area contributed by atoms with Crippen LogP contribution in [-0.2, 0) is 6.42 Å². The average Bonchev–Trinajstić information content (AvgIpc) is 3.08. The van der Waals surface area contributed by atoms with Gasteiger partial charge in [0, 0.05) is 0 Å². The highest BCUT2D eigenvalue weighted by Gasteiger charge is 2.21. The summed E-state index contributed by atoms with van der Waals surface area (Å²) < 4.78 is 11.8. The number of aryl methyl sites for hydroxylation is 1. The van der Waals surface area contributed by atoms with E-state index in [1.807, 2.05) is 24.3 Å². The molecule has 1 radical (unpaired) electrons. The number of aromatic nitrogens is 1. The lowest BCUT2D eigenvalue weighted by atomic mass is 9.97. The van der Waals surface area contributed by atoms with Gasteiger partial charge in [0.15, 0.2) is 0 Å². The molecule has 109 valence electrons. The Balaban J connectivity index is 1.54. The number of hydrogen-bond donors (Lipinski definition) is 0. The van der Waals surface area contributed by atoms with Crippen molar-refractivity contribution in [1.82, 2.24) is 4.98 Å². The Labute approximate surface area is 133 Å². The molecule has 0 saturated carbocycles. The van der Waals surface area contributed by atoms with Crippen LogP contribution in [0, 0.1) is 5.38 Å². The molecule has 1 aliphatic rings.